The van der Waals surface area contributed by atoms with E-state index in [1.807, 2.05) is 0 Å². The van der Waals surface area contributed by atoms with Crippen LogP contribution in [0.3, 0.4) is 0 Å². The normalized spacial score (nSPS) is 11.0. The van der Waals surface area contributed by atoms with Gasteiger partial charge in [-0.1, -0.05) is 25.4 Å². The maximum atomic E-state index is 13.1. The summed E-state index contributed by atoms with van der Waals surface area (Å²) < 4.78 is 13.1. The minimum atomic E-state index is -0.405. The van der Waals surface area contributed by atoms with E-state index in [-0.39, 0.29) is 5.02 Å². The number of nitrogen functional groups attached to an aromatic ring is 1. The molecule has 1 aromatic rings. The Bertz CT molecular complexity index is 342. The van der Waals surface area contributed by atoms with Gasteiger partial charge in [-0.2, -0.15) is 0 Å². The first-order chi connectivity index (χ1) is 7.00. The van der Waals surface area contributed by atoms with Gasteiger partial charge in [-0.15, -0.1) is 11.8 Å². The zero-order valence-corrected chi connectivity index (χ0v) is 10.5. The van der Waals surface area contributed by atoms with Crippen LogP contribution in [0.2, 0.25) is 5.02 Å². The number of rotatable bonds is 4. The van der Waals surface area contributed by atoms with Crippen molar-refractivity contribution in [3.63, 3.8) is 0 Å². The van der Waals surface area contributed by atoms with Crippen LogP contribution in [0.15, 0.2) is 17.0 Å². The third kappa shape index (κ3) is 3.92. The van der Waals surface area contributed by atoms with Gasteiger partial charge >= 0.3 is 0 Å². The Balaban J connectivity index is 2.65. The molecule has 0 spiro atoms. The van der Waals surface area contributed by atoms with E-state index in [9.17, 15) is 4.39 Å². The Labute approximate surface area is 99.2 Å². The second-order valence-corrected chi connectivity index (χ2v) is 5.38. The molecular formula is C11H15ClFNS. The van der Waals surface area contributed by atoms with E-state index in [1.165, 1.54) is 12.1 Å². The number of hydrogen-bond donors (Lipinski definition) is 1. The number of thioether (sulfide) groups is 1. The van der Waals surface area contributed by atoms with Gasteiger partial charge in [0.05, 0.1) is 5.02 Å². The first kappa shape index (κ1) is 12.7. The fraction of sp³-hybridized carbons (Fsp3) is 0.455. The summed E-state index contributed by atoms with van der Waals surface area (Å²) in [6.45, 7) is 4.32. The van der Waals surface area contributed by atoms with Crippen LogP contribution in [0.5, 0.6) is 0 Å². The van der Waals surface area contributed by atoms with Crippen molar-refractivity contribution in [3.8, 4) is 0 Å². The second kappa shape index (κ2) is 5.61. The minimum absolute atomic E-state index is 0.0840. The summed E-state index contributed by atoms with van der Waals surface area (Å²) in [5, 5.41) is 0.0840. The molecule has 0 aliphatic heterocycles. The van der Waals surface area contributed by atoms with Crippen LogP contribution in [-0.2, 0) is 0 Å². The molecule has 4 heteroatoms. The van der Waals surface area contributed by atoms with Crippen molar-refractivity contribution in [2.45, 2.75) is 25.2 Å². The molecule has 0 fully saturated rings. The molecular weight excluding hydrogens is 233 g/mol. The van der Waals surface area contributed by atoms with Crippen LogP contribution in [-0.4, -0.2) is 5.75 Å². The van der Waals surface area contributed by atoms with Crippen molar-refractivity contribution in [1.82, 2.24) is 0 Å². The standard InChI is InChI=1S/C11H15ClFNS/c1-7(2)3-4-15-11-6-9(13)8(12)5-10(11)14/h5-7H,3-4,14H2,1-2H3. The van der Waals surface area contributed by atoms with Crippen molar-refractivity contribution < 1.29 is 4.39 Å². The molecule has 0 aliphatic rings. The maximum absolute atomic E-state index is 13.1. The molecule has 0 saturated carbocycles. The molecule has 0 amide bonds. The molecule has 84 valence electrons. The fourth-order valence-corrected chi connectivity index (χ4v) is 2.47. The zero-order valence-electron chi connectivity index (χ0n) is 8.89. The van der Waals surface area contributed by atoms with Crippen LogP contribution in [0, 0.1) is 11.7 Å². The van der Waals surface area contributed by atoms with Gasteiger partial charge in [0.2, 0.25) is 0 Å². The lowest BCUT2D eigenvalue weighted by Crippen LogP contribution is -1.94. The van der Waals surface area contributed by atoms with Crippen LogP contribution in [0.4, 0.5) is 10.1 Å². The molecule has 1 nitrogen and oxygen atoms in total. The zero-order chi connectivity index (χ0) is 11.4. The topological polar surface area (TPSA) is 26.0 Å². The molecule has 0 aliphatic carbocycles. The highest BCUT2D eigenvalue weighted by Gasteiger charge is 2.06. The van der Waals surface area contributed by atoms with Gasteiger partial charge < -0.3 is 5.73 Å². The van der Waals surface area contributed by atoms with Crippen molar-refractivity contribution in [2.75, 3.05) is 11.5 Å². The van der Waals surface area contributed by atoms with Crippen molar-refractivity contribution in [3.05, 3.63) is 23.0 Å². The van der Waals surface area contributed by atoms with Crippen LogP contribution < -0.4 is 5.73 Å². The highest BCUT2D eigenvalue weighted by atomic mass is 35.5. The van der Waals surface area contributed by atoms with E-state index in [0.717, 1.165) is 17.1 Å². The minimum Gasteiger partial charge on any atom is -0.398 e. The Morgan fingerprint density at radius 1 is 1.47 bits per heavy atom. The molecule has 0 bridgehead atoms. The van der Waals surface area contributed by atoms with Gasteiger partial charge in [0, 0.05) is 10.6 Å². The number of halogens is 2. The molecule has 1 rings (SSSR count). The predicted molar refractivity (Wildman–Crippen MR) is 66.0 cm³/mol. The SMILES string of the molecule is CC(C)CCSc1cc(F)c(Cl)cc1N. The molecule has 15 heavy (non-hydrogen) atoms. The summed E-state index contributed by atoms with van der Waals surface area (Å²) in [5.41, 5.74) is 6.29. The molecule has 0 aromatic heterocycles. The molecule has 0 atom stereocenters. The Morgan fingerprint density at radius 2 is 2.13 bits per heavy atom. The Morgan fingerprint density at radius 3 is 2.73 bits per heavy atom. The van der Waals surface area contributed by atoms with E-state index in [0.29, 0.717) is 11.6 Å². The maximum Gasteiger partial charge on any atom is 0.143 e. The van der Waals surface area contributed by atoms with E-state index in [2.05, 4.69) is 13.8 Å². The Kier molecular flexibility index (Phi) is 4.74. The van der Waals surface area contributed by atoms with Gasteiger partial charge in [0.15, 0.2) is 0 Å². The lowest BCUT2D eigenvalue weighted by Gasteiger charge is -2.07. The average Bonchev–Trinajstić information content (AvgIpc) is 2.13. The third-order valence-corrected chi connectivity index (χ3v) is 3.40. The summed E-state index contributed by atoms with van der Waals surface area (Å²) in [7, 11) is 0. The first-order valence-electron chi connectivity index (χ1n) is 4.88. The summed E-state index contributed by atoms with van der Waals surface area (Å²) in [6.07, 6.45) is 1.09. The van der Waals surface area contributed by atoms with E-state index < -0.39 is 5.82 Å². The van der Waals surface area contributed by atoms with Crippen LogP contribution >= 0.6 is 23.4 Å². The molecule has 2 N–H and O–H groups in total. The second-order valence-electron chi connectivity index (χ2n) is 3.84. The number of anilines is 1. The van der Waals surface area contributed by atoms with Crippen LogP contribution in [0.1, 0.15) is 20.3 Å². The molecule has 0 heterocycles. The summed E-state index contributed by atoms with van der Waals surface area (Å²) in [5.74, 6) is 1.19. The molecule has 1 aromatic carbocycles. The number of hydrogen-bond acceptors (Lipinski definition) is 2. The first-order valence-corrected chi connectivity index (χ1v) is 6.24. The van der Waals surface area contributed by atoms with E-state index >= 15 is 0 Å². The van der Waals surface area contributed by atoms with Gasteiger partial charge in [0.1, 0.15) is 5.82 Å². The molecule has 0 unspecified atom stereocenters. The van der Waals surface area contributed by atoms with Crippen molar-refractivity contribution in [1.29, 1.82) is 0 Å². The smallest absolute Gasteiger partial charge is 0.143 e. The largest absolute Gasteiger partial charge is 0.398 e. The monoisotopic (exact) mass is 247 g/mol. The van der Waals surface area contributed by atoms with Gasteiger partial charge in [-0.3, -0.25) is 0 Å². The Hall–Kier alpha value is -0.410. The molecule has 0 radical (unpaired) electrons. The highest BCUT2D eigenvalue weighted by molar-refractivity contribution is 7.99. The summed E-state index contributed by atoms with van der Waals surface area (Å²) >= 11 is 7.18. The summed E-state index contributed by atoms with van der Waals surface area (Å²) in [6, 6.07) is 2.87. The quantitative estimate of drug-likeness (QED) is 0.638. The average molecular weight is 248 g/mol. The lowest BCUT2D eigenvalue weighted by atomic mass is 10.2. The van der Waals surface area contributed by atoms with Gasteiger partial charge in [0.25, 0.3) is 0 Å². The van der Waals surface area contributed by atoms with Gasteiger partial charge in [-0.25, -0.2) is 4.39 Å². The fourth-order valence-electron chi connectivity index (χ4n) is 1.07. The van der Waals surface area contributed by atoms with Crippen molar-refractivity contribution in [2.24, 2.45) is 5.92 Å². The molecule has 0 saturated heterocycles. The van der Waals surface area contributed by atoms with Crippen molar-refractivity contribution >= 4 is 29.1 Å². The lowest BCUT2D eigenvalue weighted by molar-refractivity contribution is 0.624. The third-order valence-electron chi connectivity index (χ3n) is 2.01. The number of nitrogens with two attached hydrogens (primary N) is 1. The van der Waals surface area contributed by atoms with E-state index in [4.69, 9.17) is 17.3 Å². The highest BCUT2D eigenvalue weighted by Crippen LogP contribution is 2.30. The predicted octanol–water partition coefficient (Wildman–Crippen LogP) is 4.20. The van der Waals surface area contributed by atoms with Gasteiger partial charge in [-0.05, 0) is 30.2 Å². The van der Waals surface area contributed by atoms with Crippen LogP contribution in [0.25, 0.3) is 0 Å². The number of benzene rings is 1. The van der Waals surface area contributed by atoms with E-state index in [1.54, 1.807) is 11.8 Å². The summed E-state index contributed by atoms with van der Waals surface area (Å²) in [4.78, 5) is 0.776.